The van der Waals surface area contributed by atoms with Crippen molar-refractivity contribution in [2.24, 2.45) is 7.05 Å². The summed E-state index contributed by atoms with van der Waals surface area (Å²) in [5.41, 5.74) is 3.41. The molecule has 0 N–H and O–H groups in total. The van der Waals surface area contributed by atoms with Crippen LogP contribution in [-0.2, 0) is 11.8 Å². The third-order valence-corrected chi connectivity index (χ3v) is 5.14. The molecule has 7 heteroatoms. The maximum absolute atomic E-state index is 12.6. The number of carbonyl (C=O) groups is 1. The molecule has 0 aliphatic heterocycles. The zero-order valence-electron chi connectivity index (χ0n) is 17.1. The molecule has 0 radical (unpaired) electrons. The Kier molecular flexibility index (Phi) is 5.29. The van der Waals surface area contributed by atoms with Gasteiger partial charge >= 0.3 is 0 Å². The van der Waals surface area contributed by atoms with Crippen LogP contribution in [-0.4, -0.2) is 52.7 Å². The first-order chi connectivity index (χ1) is 14.5. The summed E-state index contributed by atoms with van der Waals surface area (Å²) in [4.78, 5) is 35.7. The van der Waals surface area contributed by atoms with Crippen LogP contribution in [0.4, 0.5) is 0 Å². The molecule has 0 fully saturated rings. The van der Waals surface area contributed by atoms with Crippen molar-refractivity contribution in [3.8, 4) is 11.3 Å². The van der Waals surface area contributed by atoms with E-state index in [1.807, 2.05) is 24.3 Å². The molecule has 0 aliphatic rings. The Morgan fingerprint density at radius 3 is 2.77 bits per heavy atom. The fourth-order valence-electron chi connectivity index (χ4n) is 3.34. The van der Waals surface area contributed by atoms with Gasteiger partial charge in [-0.1, -0.05) is 6.07 Å². The second kappa shape index (κ2) is 8.04. The number of likely N-dealkylation sites (N-methyl/N-ethyl adjacent to an activating group) is 1. The third-order valence-electron chi connectivity index (χ3n) is 5.14. The molecule has 4 rings (SSSR count). The average molecular weight is 402 g/mol. The Labute approximate surface area is 173 Å². The van der Waals surface area contributed by atoms with Crippen molar-refractivity contribution in [3.05, 3.63) is 70.8 Å². The van der Waals surface area contributed by atoms with Gasteiger partial charge < -0.3 is 14.2 Å². The van der Waals surface area contributed by atoms with Gasteiger partial charge in [-0.25, -0.2) is 4.98 Å². The standard InChI is InChI=1S/C23H22N4O3/c1-26-9-8-15-12-16(4-6-18(15)23(26)29)21-14-24-19-7-5-17(13-20(19)25-21)22(28)27(2)10-11-30-3/h4-9,12-14H,10-11H2,1-3H3. The largest absolute Gasteiger partial charge is 0.383 e. The summed E-state index contributed by atoms with van der Waals surface area (Å²) in [6.45, 7) is 0.987. The summed E-state index contributed by atoms with van der Waals surface area (Å²) in [7, 11) is 5.08. The van der Waals surface area contributed by atoms with Crippen LogP contribution in [0.5, 0.6) is 0 Å². The van der Waals surface area contributed by atoms with Crippen LogP contribution in [0.15, 0.2) is 59.7 Å². The highest BCUT2D eigenvalue weighted by Crippen LogP contribution is 2.23. The second-order valence-corrected chi connectivity index (χ2v) is 7.21. The highest BCUT2D eigenvalue weighted by Gasteiger charge is 2.13. The Morgan fingerprint density at radius 1 is 1.13 bits per heavy atom. The number of aryl methyl sites for hydroxylation is 1. The summed E-state index contributed by atoms with van der Waals surface area (Å²) < 4.78 is 6.60. The van der Waals surface area contributed by atoms with Crippen molar-refractivity contribution in [2.75, 3.05) is 27.3 Å². The fraction of sp³-hybridized carbons (Fsp3) is 0.217. The summed E-state index contributed by atoms with van der Waals surface area (Å²) in [6.07, 6.45) is 3.45. The van der Waals surface area contributed by atoms with Crippen molar-refractivity contribution >= 4 is 27.7 Å². The van der Waals surface area contributed by atoms with E-state index < -0.39 is 0 Å². The smallest absolute Gasteiger partial charge is 0.258 e. The van der Waals surface area contributed by atoms with Crippen molar-refractivity contribution in [2.45, 2.75) is 0 Å². The first kappa shape index (κ1) is 19.7. The minimum Gasteiger partial charge on any atom is -0.383 e. The lowest BCUT2D eigenvalue weighted by Gasteiger charge is -2.16. The van der Waals surface area contributed by atoms with E-state index in [1.54, 1.807) is 61.3 Å². The zero-order chi connectivity index (χ0) is 21.3. The maximum atomic E-state index is 12.6. The van der Waals surface area contributed by atoms with Gasteiger partial charge in [0.1, 0.15) is 0 Å². The average Bonchev–Trinajstić information content (AvgIpc) is 2.78. The fourth-order valence-corrected chi connectivity index (χ4v) is 3.34. The summed E-state index contributed by atoms with van der Waals surface area (Å²) in [6, 6.07) is 12.8. The molecule has 0 spiro atoms. The van der Waals surface area contributed by atoms with Crippen LogP contribution in [0.3, 0.4) is 0 Å². The normalized spacial score (nSPS) is 11.2. The number of benzene rings is 2. The van der Waals surface area contributed by atoms with Gasteiger partial charge in [0.15, 0.2) is 0 Å². The van der Waals surface area contributed by atoms with E-state index in [0.29, 0.717) is 40.8 Å². The van der Waals surface area contributed by atoms with Gasteiger partial charge in [0.2, 0.25) is 0 Å². The zero-order valence-corrected chi connectivity index (χ0v) is 17.1. The number of hydrogen-bond acceptors (Lipinski definition) is 5. The van der Waals surface area contributed by atoms with E-state index in [2.05, 4.69) is 4.98 Å². The van der Waals surface area contributed by atoms with E-state index in [1.165, 1.54) is 0 Å². The van der Waals surface area contributed by atoms with Gasteiger partial charge in [0.25, 0.3) is 11.5 Å². The highest BCUT2D eigenvalue weighted by molar-refractivity contribution is 5.97. The molecule has 0 saturated carbocycles. The maximum Gasteiger partial charge on any atom is 0.258 e. The topological polar surface area (TPSA) is 77.3 Å². The third kappa shape index (κ3) is 3.67. The predicted octanol–water partition coefficient (Wildman–Crippen LogP) is 2.87. The molecule has 2 aromatic carbocycles. The van der Waals surface area contributed by atoms with Crippen LogP contribution in [0.2, 0.25) is 0 Å². The molecular weight excluding hydrogens is 380 g/mol. The summed E-state index contributed by atoms with van der Waals surface area (Å²) in [5, 5.41) is 1.51. The number of ether oxygens (including phenoxy) is 1. The first-order valence-electron chi connectivity index (χ1n) is 9.59. The monoisotopic (exact) mass is 402 g/mol. The van der Waals surface area contributed by atoms with Crippen LogP contribution in [0, 0.1) is 0 Å². The molecule has 2 heterocycles. The molecule has 0 bridgehead atoms. The predicted molar refractivity (Wildman–Crippen MR) is 117 cm³/mol. The second-order valence-electron chi connectivity index (χ2n) is 7.21. The molecule has 152 valence electrons. The number of carbonyl (C=O) groups excluding carboxylic acids is 1. The Bertz CT molecular complexity index is 1310. The Hall–Kier alpha value is -3.58. The lowest BCUT2D eigenvalue weighted by molar-refractivity contribution is 0.0744. The lowest BCUT2D eigenvalue weighted by atomic mass is 10.1. The first-order valence-corrected chi connectivity index (χ1v) is 9.59. The van der Waals surface area contributed by atoms with Crippen LogP contribution >= 0.6 is 0 Å². The molecule has 30 heavy (non-hydrogen) atoms. The van der Waals surface area contributed by atoms with Crippen molar-refractivity contribution < 1.29 is 9.53 Å². The Balaban J connectivity index is 1.72. The number of hydrogen-bond donors (Lipinski definition) is 0. The number of amides is 1. The van der Waals surface area contributed by atoms with E-state index in [4.69, 9.17) is 9.72 Å². The molecule has 0 aliphatic carbocycles. The van der Waals surface area contributed by atoms with E-state index in [0.717, 1.165) is 10.9 Å². The van der Waals surface area contributed by atoms with Crippen molar-refractivity contribution in [1.82, 2.24) is 19.4 Å². The molecule has 0 saturated heterocycles. The number of aromatic nitrogens is 3. The van der Waals surface area contributed by atoms with Gasteiger partial charge in [0.05, 0.1) is 29.5 Å². The van der Waals surface area contributed by atoms with E-state index in [9.17, 15) is 9.59 Å². The van der Waals surface area contributed by atoms with Gasteiger partial charge in [0, 0.05) is 50.5 Å². The molecule has 0 atom stereocenters. The minimum atomic E-state index is -0.0947. The molecule has 2 aromatic heterocycles. The van der Waals surface area contributed by atoms with Gasteiger partial charge in [-0.05, 0) is 41.8 Å². The van der Waals surface area contributed by atoms with Crippen LogP contribution in [0.25, 0.3) is 33.1 Å². The quantitative estimate of drug-likeness (QED) is 0.513. The summed E-state index contributed by atoms with van der Waals surface area (Å²) in [5.74, 6) is -0.0947. The van der Waals surface area contributed by atoms with Gasteiger partial charge in [-0.15, -0.1) is 0 Å². The highest BCUT2D eigenvalue weighted by atomic mass is 16.5. The summed E-state index contributed by atoms with van der Waals surface area (Å²) >= 11 is 0. The van der Waals surface area contributed by atoms with Gasteiger partial charge in [-0.3, -0.25) is 14.6 Å². The SMILES string of the molecule is COCCN(C)C(=O)c1ccc2ncc(-c3ccc4c(=O)n(C)ccc4c3)nc2c1. The number of rotatable bonds is 5. The van der Waals surface area contributed by atoms with Crippen LogP contribution in [0.1, 0.15) is 10.4 Å². The van der Waals surface area contributed by atoms with Gasteiger partial charge in [-0.2, -0.15) is 0 Å². The number of methoxy groups -OCH3 is 1. The molecule has 7 nitrogen and oxygen atoms in total. The number of pyridine rings is 1. The Morgan fingerprint density at radius 2 is 1.97 bits per heavy atom. The molecule has 4 aromatic rings. The van der Waals surface area contributed by atoms with Crippen LogP contribution < -0.4 is 5.56 Å². The number of nitrogens with zero attached hydrogens (tertiary/aromatic N) is 4. The molecular formula is C23H22N4O3. The molecule has 1 amide bonds. The minimum absolute atomic E-state index is 0.0376. The number of fused-ring (bicyclic) bond motifs is 2. The molecule has 0 unspecified atom stereocenters. The van der Waals surface area contributed by atoms with E-state index >= 15 is 0 Å². The van der Waals surface area contributed by atoms with Crippen molar-refractivity contribution in [3.63, 3.8) is 0 Å². The lowest BCUT2D eigenvalue weighted by Crippen LogP contribution is -2.29. The van der Waals surface area contributed by atoms with E-state index in [-0.39, 0.29) is 11.5 Å². The van der Waals surface area contributed by atoms with Crippen molar-refractivity contribution in [1.29, 1.82) is 0 Å².